The minimum absolute atomic E-state index is 0.721. The number of aryl methyl sites for hydroxylation is 1. The summed E-state index contributed by atoms with van der Waals surface area (Å²) in [5.41, 5.74) is 2.32. The number of nitrogens with one attached hydrogen (secondary N) is 1. The SMILES string of the molecule is Cc1nc(Nc2ccc(Cl)cc2)cc(N2CCN(Cc3ccccc3)CC2)n1. The van der Waals surface area contributed by atoms with Crippen LogP contribution in [-0.4, -0.2) is 41.0 Å². The third kappa shape index (κ3) is 4.80. The summed E-state index contributed by atoms with van der Waals surface area (Å²) in [5, 5.41) is 4.07. The van der Waals surface area contributed by atoms with Gasteiger partial charge >= 0.3 is 0 Å². The quantitative estimate of drug-likeness (QED) is 0.691. The first kappa shape index (κ1) is 18.7. The lowest BCUT2D eigenvalue weighted by molar-refractivity contribution is 0.249. The van der Waals surface area contributed by atoms with Crippen LogP contribution in [0, 0.1) is 6.92 Å². The zero-order chi connectivity index (χ0) is 19.3. The van der Waals surface area contributed by atoms with E-state index in [9.17, 15) is 0 Å². The van der Waals surface area contributed by atoms with E-state index in [0.29, 0.717) is 0 Å². The van der Waals surface area contributed by atoms with Crippen molar-refractivity contribution in [3.8, 4) is 0 Å². The number of aromatic nitrogens is 2. The summed E-state index contributed by atoms with van der Waals surface area (Å²) in [6.07, 6.45) is 0. The second kappa shape index (κ2) is 8.59. The molecule has 1 N–H and O–H groups in total. The molecule has 2 heterocycles. The Labute approximate surface area is 171 Å². The molecule has 1 aromatic heterocycles. The molecule has 4 rings (SSSR count). The predicted octanol–water partition coefficient (Wildman–Crippen LogP) is 4.50. The summed E-state index contributed by atoms with van der Waals surface area (Å²) in [5.74, 6) is 2.54. The molecule has 0 saturated carbocycles. The first-order valence-corrected chi connectivity index (χ1v) is 9.93. The molecule has 0 aliphatic carbocycles. The van der Waals surface area contributed by atoms with Crippen molar-refractivity contribution in [3.05, 3.63) is 77.1 Å². The molecule has 5 nitrogen and oxygen atoms in total. The first-order chi connectivity index (χ1) is 13.7. The van der Waals surface area contributed by atoms with Gasteiger partial charge in [-0.3, -0.25) is 4.90 Å². The van der Waals surface area contributed by atoms with Gasteiger partial charge in [-0.2, -0.15) is 0 Å². The molecule has 0 radical (unpaired) electrons. The highest BCUT2D eigenvalue weighted by Gasteiger charge is 2.19. The van der Waals surface area contributed by atoms with Crippen molar-refractivity contribution in [3.63, 3.8) is 0 Å². The predicted molar refractivity (Wildman–Crippen MR) is 115 cm³/mol. The van der Waals surface area contributed by atoms with E-state index in [0.717, 1.165) is 60.9 Å². The number of piperazine rings is 1. The lowest BCUT2D eigenvalue weighted by Crippen LogP contribution is -2.46. The molecule has 0 bridgehead atoms. The summed E-state index contributed by atoms with van der Waals surface area (Å²) < 4.78 is 0. The van der Waals surface area contributed by atoms with Crippen molar-refractivity contribution < 1.29 is 0 Å². The third-order valence-corrected chi connectivity index (χ3v) is 5.14. The summed E-state index contributed by atoms with van der Waals surface area (Å²) in [6, 6.07) is 20.3. The molecule has 2 aromatic carbocycles. The maximum absolute atomic E-state index is 5.97. The van der Waals surface area contributed by atoms with E-state index in [1.165, 1.54) is 5.56 Å². The van der Waals surface area contributed by atoms with E-state index in [1.54, 1.807) is 0 Å². The molecule has 28 heavy (non-hydrogen) atoms. The van der Waals surface area contributed by atoms with Gasteiger partial charge in [0.05, 0.1) is 0 Å². The van der Waals surface area contributed by atoms with Crippen molar-refractivity contribution in [2.75, 3.05) is 36.4 Å². The topological polar surface area (TPSA) is 44.3 Å². The number of halogens is 1. The Kier molecular flexibility index (Phi) is 5.74. The molecule has 0 unspecified atom stereocenters. The Morgan fingerprint density at radius 3 is 2.36 bits per heavy atom. The van der Waals surface area contributed by atoms with Crippen molar-refractivity contribution in [2.45, 2.75) is 13.5 Å². The number of anilines is 3. The molecule has 1 aliphatic rings. The molecule has 1 saturated heterocycles. The Morgan fingerprint density at radius 1 is 0.929 bits per heavy atom. The van der Waals surface area contributed by atoms with Gasteiger partial charge in [0.1, 0.15) is 17.5 Å². The summed E-state index contributed by atoms with van der Waals surface area (Å²) in [7, 11) is 0. The van der Waals surface area contributed by atoms with Crippen LogP contribution in [0.2, 0.25) is 5.02 Å². The molecule has 0 atom stereocenters. The highest BCUT2D eigenvalue weighted by molar-refractivity contribution is 6.30. The average molecular weight is 394 g/mol. The average Bonchev–Trinajstić information content (AvgIpc) is 2.71. The number of benzene rings is 2. The molecule has 3 aromatic rings. The molecule has 6 heteroatoms. The van der Waals surface area contributed by atoms with Gasteiger partial charge in [0.2, 0.25) is 0 Å². The Morgan fingerprint density at radius 2 is 1.64 bits per heavy atom. The van der Waals surface area contributed by atoms with Crippen LogP contribution >= 0.6 is 11.6 Å². The lowest BCUT2D eigenvalue weighted by atomic mass is 10.2. The van der Waals surface area contributed by atoms with Gasteiger partial charge < -0.3 is 10.2 Å². The maximum atomic E-state index is 5.97. The minimum Gasteiger partial charge on any atom is -0.354 e. The highest BCUT2D eigenvalue weighted by atomic mass is 35.5. The summed E-state index contributed by atoms with van der Waals surface area (Å²) >= 11 is 5.97. The van der Waals surface area contributed by atoms with Gasteiger partial charge in [-0.05, 0) is 36.8 Å². The Hall–Kier alpha value is -2.63. The molecule has 0 spiro atoms. The van der Waals surface area contributed by atoms with Crippen LogP contribution in [0.4, 0.5) is 17.3 Å². The zero-order valence-electron chi connectivity index (χ0n) is 16.0. The zero-order valence-corrected chi connectivity index (χ0v) is 16.7. The number of hydrogen-bond acceptors (Lipinski definition) is 5. The van der Waals surface area contributed by atoms with Gasteiger partial charge in [0, 0.05) is 49.5 Å². The summed E-state index contributed by atoms with van der Waals surface area (Å²) in [6.45, 7) is 6.91. The number of hydrogen-bond donors (Lipinski definition) is 1. The van der Waals surface area contributed by atoms with Crippen molar-refractivity contribution >= 4 is 28.9 Å². The van der Waals surface area contributed by atoms with Gasteiger partial charge in [-0.1, -0.05) is 41.9 Å². The van der Waals surface area contributed by atoms with Crippen molar-refractivity contribution in [1.82, 2.24) is 14.9 Å². The van der Waals surface area contributed by atoms with E-state index in [-0.39, 0.29) is 0 Å². The maximum Gasteiger partial charge on any atom is 0.136 e. The largest absolute Gasteiger partial charge is 0.354 e. The Bertz CT molecular complexity index is 906. The second-order valence-electron chi connectivity index (χ2n) is 7.04. The first-order valence-electron chi connectivity index (χ1n) is 9.55. The fraction of sp³-hybridized carbons (Fsp3) is 0.273. The fourth-order valence-corrected chi connectivity index (χ4v) is 3.56. The van der Waals surface area contributed by atoms with Crippen LogP contribution in [0.15, 0.2) is 60.7 Å². The molecule has 1 fully saturated rings. The van der Waals surface area contributed by atoms with E-state index in [2.05, 4.69) is 55.4 Å². The van der Waals surface area contributed by atoms with E-state index in [1.807, 2.05) is 37.3 Å². The van der Waals surface area contributed by atoms with Gasteiger partial charge in [-0.25, -0.2) is 9.97 Å². The standard InChI is InChI=1S/C22H24ClN5/c1-17-24-21(26-20-9-7-19(23)8-10-20)15-22(25-17)28-13-11-27(12-14-28)16-18-5-3-2-4-6-18/h2-10,15H,11-14,16H2,1H3,(H,24,25,26). The van der Waals surface area contributed by atoms with Crippen LogP contribution in [-0.2, 0) is 6.54 Å². The molecule has 144 valence electrons. The van der Waals surface area contributed by atoms with Crippen molar-refractivity contribution in [1.29, 1.82) is 0 Å². The number of rotatable bonds is 5. The molecule has 0 amide bonds. The van der Waals surface area contributed by atoms with Gasteiger partial charge in [0.25, 0.3) is 0 Å². The van der Waals surface area contributed by atoms with Crippen LogP contribution in [0.1, 0.15) is 11.4 Å². The summed E-state index contributed by atoms with van der Waals surface area (Å²) in [4.78, 5) is 14.0. The monoisotopic (exact) mass is 393 g/mol. The van der Waals surface area contributed by atoms with E-state index < -0.39 is 0 Å². The van der Waals surface area contributed by atoms with Gasteiger partial charge in [-0.15, -0.1) is 0 Å². The van der Waals surface area contributed by atoms with Crippen LogP contribution in [0.5, 0.6) is 0 Å². The van der Waals surface area contributed by atoms with E-state index >= 15 is 0 Å². The van der Waals surface area contributed by atoms with Crippen LogP contribution in [0.25, 0.3) is 0 Å². The smallest absolute Gasteiger partial charge is 0.136 e. The van der Waals surface area contributed by atoms with Crippen LogP contribution in [0.3, 0.4) is 0 Å². The van der Waals surface area contributed by atoms with E-state index in [4.69, 9.17) is 11.6 Å². The molecular formula is C22H24ClN5. The van der Waals surface area contributed by atoms with Crippen LogP contribution < -0.4 is 10.2 Å². The van der Waals surface area contributed by atoms with Gasteiger partial charge in [0.15, 0.2) is 0 Å². The lowest BCUT2D eigenvalue weighted by Gasteiger charge is -2.35. The Balaban J connectivity index is 1.40. The fourth-order valence-electron chi connectivity index (χ4n) is 3.44. The normalized spacial score (nSPS) is 14.9. The molecular weight excluding hydrogens is 370 g/mol. The van der Waals surface area contributed by atoms with Crippen molar-refractivity contribution in [2.24, 2.45) is 0 Å². The third-order valence-electron chi connectivity index (χ3n) is 4.89. The molecule has 1 aliphatic heterocycles. The highest BCUT2D eigenvalue weighted by Crippen LogP contribution is 2.22. The second-order valence-corrected chi connectivity index (χ2v) is 7.48. The number of nitrogens with zero attached hydrogens (tertiary/aromatic N) is 4. The minimum atomic E-state index is 0.721.